The Kier molecular flexibility index (Phi) is 5.20. The lowest BCUT2D eigenvalue weighted by Gasteiger charge is -2.08. The van der Waals surface area contributed by atoms with Crippen LogP contribution in [0.4, 0.5) is 5.69 Å². The Bertz CT molecular complexity index is 761. The van der Waals surface area contributed by atoms with Gasteiger partial charge in [-0.2, -0.15) is 5.10 Å². The Morgan fingerprint density at radius 3 is 2.78 bits per heavy atom. The number of hydrogen-bond donors (Lipinski definition) is 2. The fourth-order valence-corrected chi connectivity index (χ4v) is 2.30. The monoisotopic (exact) mass is 318 g/mol. The van der Waals surface area contributed by atoms with Crippen LogP contribution in [-0.4, -0.2) is 27.3 Å². The van der Waals surface area contributed by atoms with E-state index < -0.39 is 0 Å². The van der Waals surface area contributed by atoms with Crippen LogP contribution >= 0.6 is 0 Å². The molecular weight excluding hydrogens is 296 g/mol. The van der Waals surface area contributed by atoms with Crippen molar-refractivity contribution in [3.8, 4) is 5.75 Å². The van der Waals surface area contributed by atoms with Gasteiger partial charge in [0.1, 0.15) is 0 Å². The molecule has 0 bridgehead atoms. The van der Waals surface area contributed by atoms with Gasteiger partial charge in [0.2, 0.25) is 5.43 Å². The Labute approximate surface area is 134 Å². The number of rotatable bonds is 6. The summed E-state index contributed by atoms with van der Waals surface area (Å²) in [7, 11) is 0. The van der Waals surface area contributed by atoms with E-state index in [-0.39, 0.29) is 23.7 Å². The molecule has 7 heteroatoms. The van der Waals surface area contributed by atoms with Crippen LogP contribution in [0, 0.1) is 20.8 Å². The van der Waals surface area contributed by atoms with Gasteiger partial charge >= 0.3 is 0 Å². The molecule has 0 aliphatic heterocycles. The zero-order valence-corrected chi connectivity index (χ0v) is 13.9. The van der Waals surface area contributed by atoms with Crippen molar-refractivity contribution in [2.24, 2.45) is 0 Å². The second-order valence-corrected chi connectivity index (χ2v) is 5.45. The summed E-state index contributed by atoms with van der Waals surface area (Å²) in [4.78, 5) is 26.6. The largest absolute Gasteiger partial charge is 0.478 e. The lowest BCUT2D eigenvalue weighted by Crippen LogP contribution is -2.22. The third-order valence-corrected chi connectivity index (χ3v) is 3.46. The first-order valence-corrected chi connectivity index (χ1v) is 7.58. The number of nitrogens with zero attached hydrogens (tertiary/aromatic N) is 2. The summed E-state index contributed by atoms with van der Waals surface area (Å²) in [5.41, 5.74) is 2.85. The van der Waals surface area contributed by atoms with E-state index in [4.69, 9.17) is 4.74 Å². The molecule has 0 spiro atoms. The SMILES string of the molecule is CCCn1nc(C)c(NC(=O)COc2c[nH]c(C)cc2=O)c1C. The van der Waals surface area contributed by atoms with Gasteiger partial charge in [-0.25, -0.2) is 0 Å². The average molecular weight is 318 g/mol. The first kappa shape index (κ1) is 16.8. The lowest BCUT2D eigenvalue weighted by atomic mass is 10.3. The number of aromatic amines is 1. The van der Waals surface area contributed by atoms with Crippen molar-refractivity contribution in [2.45, 2.75) is 40.7 Å². The third-order valence-electron chi connectivity index (χ3n) is 3.46. The summed E-state index contributed by atoms with van der Waals surface area (Å²) in [5.74, 6) is -0.201. The van der Waals surface area contributed by atoms with Crippen molar-refractivity contribution in [2.75, 3.05) is 11.9 Å². The van der Waals surface area contributed by atoms with Crippen molar-refractivity contribution in [1.29, 1.82) is 0 Å². The average Bonchev–Trinajstić information content (AvgIpc) is 2.74. The highest BCUT2D eigenvalue weighted by Crippen LogP contribution is 2.19. The molecule has 2 heterocycles. The Balaban J connectivity index is 2.01. The standard InChI is InChI=1S/C16H22N4O3/c1-5-6-20-12(4)16(11(3)19-20)18-15(22)9-23-14-8-17-10(2)7-13(14)21/h7-8H,5-6,9H2,1-4H3,(H,17,21)(H,18,22). The molecule has 23 heavy (non-hydrogen) atoms. The number of aromatic nitrogens is 3. The Morgan fingerprint density at radius 1 is 1.39 bits per heavy atom. The number of amides is 1. The van der Waals surface area contributed by atoms with Gasteiger partial charge in [0.15, 0.2) is 12.4 Å². The van der Waals surface area contributed by atoms with Gasteiger partial charge in [-0.1, -0.05) is 6.92 Å². The van der Waals surface area contributed by atoms with Crippen LogP contribution in [0.3, 0.4) is 0 Å². The molecule has 124 valence electrons. The third kappa shape index (κ3) is 4.00. The summed E-state index contributed by atoms with van der Waals surface area (Å²) < 4.78 is 7.15. The molecule has 0 aromatic carbocycles. The van der Waals surface area contributed by atoms with Gasteiger partial charge in [-0.3, -0.25) is 14.3 Å². The van der Waals surface area contributed by atoms with E-state index in [9.17, 15) is 9.59 Å². The van der Waals surface area contributed by atoms with Crippen LogP contribution in [0.15, 0.2) is 17.1 Å². The topological polar surface area (TPSA) is 89.0 Å². The maximum Gasteiger partial charge on any atom is 0.262 e. The van der Waals surface area contributed by atoms with E-state index in [0.717, 1.165) is 30.0 Å². The second-order valence-electron chi connectivity index (χ2n) is 5.45. The smallest absolute Gasteiger partial charge is 0.262 e. The molecule has 2 rings (SSSR count). The van der Waals surface area contributed by atoms with Crippen LogP contribution in [0.1, 0.15) is 30.4 Å². The van der Waals surface area contributed by atoms with E-state index in [0.29, 0.717) is 5.69 Å². The van der Waals surface area contributed by atoms with E-state index in [1.807, 2.05) is 18.5 Å². The van der Waals surface area contributed by atoms with Crippen LogP contribution in [0.5, 0.6) is 5.75 Å². The first-order valence-electron chi connectivity index (χ1n) is 7.58. The maximum atomic E-state index is 12.1. The summed E-state index contributed by atoms with van der Waals surface area (Å²) >= 11 is 0. The van der Waals surface area contributed by atoms with Gasteiger partial charge in [-0.15, -0.1) is 0 Å². The van der Waals surface area contributed by atoms with Gasteiger partial charge < -0.3 is 15.0 Å². The van der Waals surface area contributed by atoms with Crippen molar-refractivity contribution in [1.82, 2.24) is 14.8 Å². The number of hydrogen-bond acceptors (Lipinski definition) is 4. The molecule has 0 saturated carbocycles. The zero-order valence-electron chi connectivity index (χ0n) is 13.9. The van der Waals surface area contributed by atoms with Crippen molar-refractivity contribution < 1.29 is 9.53 Å². The van der Waals surface area contributed by atoms with E-state index in [1.54, 1.807) is 6.92 Å². The molecule has 0 fully saturated rings. The van der Waals surface area contributed by atoms with Crippen molar-refractivity contribution in [3.63, 3.8) is 0 Å². The quantitative estimate of drug-likeness (QED) is 0.851. The molecule has 0 saturated heterocycles. The lowest BCUT2D eigenvalue weighted by molar-refractivity contribution is -0.118. The van der Waals surface area contributed by atoms with Gasteiger partial charge in [0.05, 0.1) is 17.1 Å². The molecule has 0 aliphatic rings. The molecule has 2 aromatic heterocycles. The van der Waals surface area contributed by atoms with Gasteiger partial charge in [0, 0.05) is 24.5 Å². The molecule has 0 aliphatic carbocycles. The van der Waals surface area contributed by atoms with Gasteiger partial charge in [0.25, 0.3) is 5.91 Å². The molecule has 7 nitrogen and oxygen atoms in total. The highest BCUT2D eigenvalue weighted by molar-refractivity contribution is 5.93. The molecule has 1 amide bonds. The number of pyridine rings is 1. The highest BCUT2D eigenvalue weighted by atomic mass is 16.5. The molecule has 0 radical (unpaired) electrons. The highest BCUT2D eigenvalue weighted by Gasteiger charge is 2.14. The predicted molar refractivity (Wildman–Crippen MR) is 87.9 cm³/mol. The maximum absolute atomic E-state index is 12.1. The molecular formula is C16H22N4O3. The number of nitrogens with one attached hydrogen (secondary N) is 2. The van der Waals surface area contributed by atoms with Crippen LogP contribution in [-0.2, 0) is 11.3 Å². The molecule has 0 atom stereocenters. The molecule has 0 unspecified atom stereocenters. The number of ether oxygens (including phenoxy) is 1. The van der Waals surface area contributed by atoms with E-state index in [2.05, 4.69) is 22.3 Å². The Morgan fingerprint density at radius 2 is 2.13 bits per heavy atom. The minimum atomic E-state index is -0.327. The van der Waals surface area contributed by atoms with E-state index in [1.165, 1.54) is 12.3 Å². The number of H-pyrrole nitrogens is 1. The Hall–Kier alpha value is -2.57. The molecule has 2 N–H and O–H groups in total. The predicted octanol–water partition coefficient (Wildman–Crippen LogP) is 1.92. The fourth-order valence-electron chi connectivity index (χ4n) is 2.30. The van der Waals surface area contributed by atoms with Crippen molar-refractivity contribution in [3.05, 3.63) is 39.6 Å². The van der Waals surface area contributed by atoms with Crippen LogP contribution < -0.4 is 15.5 Å². The summed E-state index contributed by atoms with van der Waals surface area (Å²) in [5, 5.41) is 7.20. The summed E-state index contributed by atoms with van der Waals surface area (Å²) in [6.07, 6.45) is 2.43. The second kappa shape index (κ2) is 7.13. The number of carbonyl (C=O) groups excluding carboxylic acids is 1. The summed E-state index contributed by atoms with van der Waals surface area (Å²) in [6, 6.07) is 1.43. The number of aryl methyl sites for hydroxylation is 3. The minimum Gasteiger partial charge on any atom is -0.478 e. The first-order chi connectivity index (χ1) is 10.9. The van der Waals surface area contributed by atoms with Gasteiger partial charge in [-0.05, 0) is 27.2 Å². The zero-order chi connectivity index (χ0) is 17.0. The summed E-state index contributed by atoms with van der Waals surface area (Å²) in [6.45, 7) is 8.18. The van der Waals surface area contributed by atoms with E-state index >= 15 is 0 Å². The fraction of sp³-hybridized carbons (Fsp3) is 0.438. The minimum absolute atomic E-state index is 0.126. The number of anilines is 1. The van der Waals surface area contributed by atoms with Crippen molar-refractivity contribution >= 4 is 11.6 Å². The number of carbonyl (C=O) groups is 1. The van der Waals surface area contributed by atoms with Crippen LogP contribution in [0.2, 0.25) is 0 Å². The normalized spacial score (nSPS) is 10.6. The van der Waals surface area contributed by atoms with Crippen LogP contribution in [0.25, 0.3) is 0 Å². The molecule has 2 aromatic rings.